The number of hydrogen-bond donors (Lipinski definition) is 0. The summed E-state index contributed by atoms with van der Waals surface area (Å²) >= 11 is 0. The van der Waals surface area contributed by atoms with E-state index in [-0.39, 0.29) is 18.4 Å². The first kappa shape index (κ1) is 17.6. The minimum atomic E-state index is -0.535. The molecular formula is C17H25FO3. The van der Waals surface area contributed by atoms with Crippen LogP contribution in [0.2, 0.25) is 0 Å². The van der Waals surface area contributed by atoms with E-state index in [1.807, 2.05) is 0 Å². The van der Waals surface area contributed by atoms with Crippen molar-refractivity contribution in [3.8, 4) is 0 Å². The van der Waals surface area contributed by atoms with Crippen LogP contribution in [0.5, 0.6) is 0 Å². The highest BCUT2D eigenvalue weighted by Gasteiger charge is 2.20. The first-order valence-corrected chi connectivity index (χ1v) is 7.70. The third kappa shape index (κ3) is 7.23. The van der Waals surface area contributed by atoms with Gasteiger partial charge in [-0.3, -0.25) is 0 Å². The summed E-state index contributed by atoms with van der Waals surface area (Å²) in [5.41, 5.74) is 0.847. The van der Waals surface area contributed by atoms with Gasteiger partial charge in [-0.15, -0.1) is 0 Å². The first-order chi connectivity index (χ1) is 10.2. The summed E-state index contributed by atoms with van der Waals surface area (Å²) in [6.45, 7) is 4.57. The molecule has 3 nitrogen and oxygen atoms in total. The maximum absolute atomic E-state index is 12.8. The van der Waals surface area contributed by atoms with Crippen LogP contribution in [0.25, 0.3) is 0 Å². The highest BCUT2D eigenvalue weighted by molar-refractivity contribution is 5.74. The zero-order chi connectivity index (χ0) is 15.5. The number of carbonyl (C=O) groups excluding carboxylic acids is 1. The molecule has 0 heterocycles. The molecule has 0 radical (unpaired) electrons. The summed E-state index contributed by atoms with van der Waals surface area (Å²) in [5.74, 6) is -0.587. The Hall–Kier alpha value is -1.42. The van der Waals surface area contributed by atoms with Crippen molar-refractivity contribution in [2.45, 2.75) is 58.7 Å². The van der Waals surface area contributed by atoms with Crippen LogP contribution in [-0.2, 0) is 20.9 Å². The molecule has 0 aromatic heterocycles. The van der Waals surface area contributed by atoms with Gasteiger partial charge in [0.15, 0.2) is 6.10 Å². The molecule has 0 fully saturated rings. The van der Waals surface area contributed by atoms with Crippen molar-refractivity contribution in [1.29, 1.82) is 0 Å². The summed E-state index contributed by atoms with van der Waals surface area (Å²) in [4.78, 5) is 11.9. The number of rotatable bonds is 10. The van der Waals surface area contributed by atoms with Gasteiger partial charge < -0.3 is 9.47 Å². The standard InChI is InChI=1S/C17H25FO3/c1-3-5-6-7-8-16(17(19)20-4-2)21-13-14-9-11-15(18)12-10-14/h9-12,16H,3-8,13H2,1-2H3. The van der Waals surface area contributed by atoms with Crippen molar-refractivity contribution in [3.05, 3.63) is 35.6 Å². The topological polar surface area (TPSA) is 35.5 Å². The summed E-state index contributed by atoms with van der Waals surface area (Å²) in [6.07, 6.45) is 4.48. The number of unbranched alkanes of at least 4 members (excludes halogenated alkanes) is 3. The molecule has 1 aromatic rings. The summed E-state index contributed by atoms with van der Waals surface area (Å²) < 4.78 is 23.5. The molecule has 0 saturated carbocycles. The maximum Gasteiger partial charge on any atom is 0.335 e. The van der Waals surface area contributed by atoms with Gasteiger partial charge >= 0.3 is 5.97 Å². The van der Waals surface area contributed by atoms with Gasteiger partial charge in [-0.05, 0) is 31.0 Å². The molecule has 0 aliphatic rings. The lowest BCUT2D eigenvalue weighted by molar-refractivity contribution is -0.158. The fraction of sp³-hybridized carbons (Fsp3) is 0.588. The molecule has 0 amide bonds. The second-order valence-electron chi connectivity index (χ2n) is 5.03. The molecule has 4 heteroatoms. The molecule has 0 aliphatic heterocycles. The molecule has 1 rings (SSSR count). The van der Waals surface area contributed by atoms with Gasteiger partial charge in [0.05, 0.1) is 13.2 Å². The van der Waals surface area contributed by atoms with E-state index in [1.165, 1.54) is 12.1 Å². The van der Waals surface area contributed by atoms with Crippen LogP contribution < -0.4 is 0 Å². The zero-order valence-electron chi connectivity index (χ0n) is 12.9. The van der Waals surface area contributed by atoms with Crippen molar-refractivity contribution < 1.29 is 18.7 Å². The fourth-order valence-corrected chi connectivity index (χ4v) is 2.04. The van der Waals surface area contributed by atoms with E-state index in [9.17, 15) is 9.18 Å². The molecule has 0 aliphatic carbocycles. The normalized spacial score (nSPS) is 12.1. The van der Waals surface area contributed by atoms with E-state index in [4.69, 9.17) is 9.47 Å². The molecule has 21 heavy (non-hydrogen) atoms. The van der Waals surface area contributed by atoms with Crippen LogP contribution >= 0.6 is 0 Å². The quantitative estimate of drug-likeness (QED) is 0.478. The molecular weight excluding hydrogens is 271 g/mol. The largest absolute Gasteiger partial charge is 0.464 e. The van der Waals surface area contributed by atoms with Crippen LogP contribution in [0, 0.1) is 5.82 Å². The molecule has 118 valence electrons. The van der Waals surface area contributed by atoms with Crippen molar-refractivity contribution >= 4 is 5.97 Å². The van der Waals surface area contributed by atoms with Crippen LogP contribution in [0.15, 0.2) is 24.3 Å². The Morgan fingerprint density at radius 3 is 2.48 bits per heavy atom. The Labute approximate surface area is 126 Å². The number of ether oxygens (including phenoxy) is 2. The van der Waals surface area contributed by atoms with E-state index in [1.54, 1.807) is 19.1 Å². The number of carbonyl (C=O) groups is 1. The summed E-state index contributed by atoms with van der Waals surface area (Å²) in [5, 5.41) is 0. The van der Waals surface area contributed by atoms with Gasteiger partial charge in [0.1, 0.15) is 5.82 Å². The molecule has 1 unspecified atom stereocenters. The highest BCUT2D eigenvalue weighted by atomic mass is 19.1. The molecule has 1 atom stereocenters. The Morgan fingerprint density at radius 2 is 1.86 bits per heavy atom. The third-order valence-electron chi connectivity index (χ3n) is 3.23. The lowest BCUT2D eigenvalue weighted by atomic mass is 10.1. The van der Waals surface area contributed by atoms with E-state index in [0.717, 1.165) is 31.2 Å². The first-order valence-electron chi connectivity index (χ1n) is 7.70. The minimum absolute atomic E-state index is 0.278. The SMILES string of the molecule is CCCCCCC(OCc1ccc(F)cc1)C(=O)OCC. The average Bonchev–Trinajstić information content (AvgIpc) is 2.48. The lowest BCUT2D eigenvalue weighted by Crippen LogP contribution is -2.26. The predicted molar refractivity (Wildman–Crippen MR) is 80.4 cm³/mol. The van der Waals surface area contributed by atoms with Crippen molar-refractivity contribution in [2.24, 2.45) is 0 Å². The Balaban J connectivity index is 2.47. The monoisotopic (exact) mass is 296 g/mol. The third-order valence-corrected chi connectivity index (χ3v) is 3.23. The van der Waals surface area contributed by atoms with E-state index in [2.05, 4.69) is 6.92 Å². The van der Waals surface area contributed by atoms with Crippen LogP contribution in [0.1, 0.15) is 51.5 Å². The van der Waals surface area contributed by atoms with Gasteiger partial charge in [-0.2, -0.15) is 0 Å². The predicted octanol–water partition coefficient (Wildman–Crippen LogP) is 4.24. The van der Waals surface area contributed by atoms with E-state index < -0.39 is 6.10 Å². The average molecular weight is 296 g/mol. The molecule has 0 spiro atoms. The second kappa shape index (κ2) is 10.3. The van der Waals surface area contributed by atoms with Gasteiger partial charge in [0, 0.05) is 0 Å². The van der Waals surface area contributed by atoms with Gasteiger partial charge in [0.25, 0.3) is 0 Å². The van der Waals surface area contributed by atoms with E-state index >= 15 is 0 Å². The molecule has 0 N–H and O–H groups in total. The Kier molecular flexibility index (Phi) is 8.67. The zero-order valence-corrected chi connectivity index (χ0v) is 12.9. The Bertz CT molecular complexity index is 403. The molecule has 1 aromatic carbocycles. The van der Waals surface area contributed by atoms with Crippen LogP contribution in [-0.4, -0.2) is 18.7 Å². The van der Waals surface area contributed by atoms with Crippen molar-refractivity contribution in [1.82, 2.24) is 0 Å². The van der Waals surface area contributed by atoms with E-state index in [0.29, 0.717) is 13.0 Å². The number of halogens is 1. The maximum atomic E-state index is 12.8. The second-order valence-corrected chi connectivity index (χ2v) is 5.03. The van der Waals surface area contributed by atoms with Crippen LogP contribution in [0.3, 0.4) is 0 Å². The molecule has 0 bridgehead atoms. The van der Waals surface area contributed by atoms with Crippen molar-refractivity contribution in [3.63, 3.8) is 0 Å². The number of hydrogen-bond acceptors (Lipinski definition) is 3. The number of benzene rings is 1. The smallest absolute Gasteiger partial charge is 0.335 e. The summed E-state index contributed by atoms with van der Waals surface area (Å²) in [6, 6.07) is 6.10. The fourth-order valence-electron chi connectivity index (χ4n) is 2.04. The number of esters is 1. The van der Waals surface area contributed by atoms with Gasteiger partial charge in [0.2, 0.25) is 0 Å². The van der Waals surface area contributed by atoms with Crippen LogP contribution in [0.4, 0.5) is 4.39 Å². The van der Waals surface area contributed by atoms with Crippen molar-refractivity contribution in [2.75, 3.05) is 6.61 Å². The van der Waals surface area contributed by atoms with Gasteiger partial charge in [-0.25, -0.2) is 9.18 Å². The van der Waals surface area contributed by atoms with Gasteiger partial charge in [-0.1, -0.05) is 44.7 Å². The Morgan fingerprint density at radius 1 is 1.14 bits per heavy atom. The minimum Gasteiger partial charge on any atom is -0.464 e. The lowest BCUT2D eigenvalue weighted by Gasteiger charge is -2.16. The molecule has 0 saturated heterocycles. The highest BCUT2D eigenvalue weighted by Crippen LogP contribution is 2.13. The summed E-state index contributed by atoms with van der Waals surface area (Å²) in [7, 11) is 0.